The molecule has 0 unspecified atom stereocenters. The fourth-order valence-electron chi connectivity index (χ4n) is 3.55. The van der Waals surface area contributed by atoms with Gasteiger partial charge in [-0.3, -0.25) is 14.5 Å². The van der Waals surface area contributed by atoms with Gasteiger partial charge in [0, 0.05) is 21.3 Å². The van der Waals surface area contributed by atoms with Gasteiger partial charge in [-0.2, -0.15) is 0 Å². The predicted octanol–water partition coefficient (Wildman–Crippen LogP) is 5.70. The number of hydrogen-bond donors (Lipinski definition) is 1. The molecule has 1 aliphatic rings. The zero-order valence-corrected chi connectivity index (χ0v) is 19.0. The Morgan fingerprint density at radius 3 is 2.34 bits per heavy atom. The van der Waals surface area contributed by atoms with E-state index in [0.717, 1.165) is 5.56 Å². The summed E-state index contributed by atoms with van der Waals surface area (Å²) >= 11 is 12.6. The van der Waals surface area contributed by atoms with Crippen LogP contribution >= 0.6 is 23.2 Å². The normalized spacial score (nSPS) is 13.7. The lowest BCUT2D eigenvalue weighted by Crippen LogP contribution is -2.32. The first kappa shape index (κ1) is 21.9. The Labute approximate surface area is 196 Å². The van der Waals surface area contributed by atoms with Gasteiger partial charge in [0.25, 0.3) is 11.8 Å². The smallest absolute Gasteiger partial charge is 0.278 e. The average Bonchev–Trinajstić information content (AvgIpc) is 3.01. The minimum absolute atomic E-state index is 0.0514. The van der Waals surface area contributed by atoms with Crippen LogP contribution in [0.3, 0.4) is 0 Å². The highest BCUT2D eigenvalue weighted by Gasteiger charge is 2.40. The number of amides is 2. The second-order valence-electron chi connectivity index (χ2n) is 7.33. The molecule has 162 valence electrons. The molecule has 0 saturated heterocycles. The molecule has 0 radical (unpaired) electrons. The van der Waals surface area contributed by atoms with Gasteiger partial charge in [-0.15, -0.1) is 0 Å². The van der Waals surface area contributed by atoms with Gasteiger partial charge >= 0.3 is 0 Å². The zero-order valence-electron chi connectivity index (χ0n) is 17.5. The van der Waals surface area contributed by atoms with Crippen molar-refractivity contribution < 1.29 is 14.3 Å². The monoisotopic (exact) mass is 466 g/mol. The molecule has 3 aromatic carbocycles. The number of carbonyl (C=O) groups excluding carboxylic acids is 2. The summed E-state index contributed by atoms with van der Waals surface area (Å²) in [6.07, 6.45) is 0. The van der Waals surface area contributed by atoms with E-state index in [2.05, 4.69) is 5.32 Å². The summed E-state index contributed by atoms with van der Waals surface area (Å²) in [6, 6.07) is 19.6. The van der Waals surface area contributed by atoms with Gasteiger partial charge in [0.2, 0.25) is 0 Å². The summed E-state index contributed by atoms with van der Waals surface area (Å²) in [6.45, 7) is 1.94. The summed E-state index contributed by atoms with van der Waals surface area (Å²) in [7, 11) is 1.52. The summed E-state index contributed by atoms with van der Waals surface area (Å²) in [4.78, 5) is 28.1. The second kappa shape index (κ2) is 9.07. The van der Waals surface area contributed by atoms with E-state index in [4.69, 9.17) is 27.9 Å². The minimum Gasteiger partial charge on any atom is -0.496 e. The number of nitrogens with zero attached hydrogens (tertiary/aromatic N) is 1. The summed E-state index contributed by atoms with van der Waals surface area (Å²) in [5, 5.41) is 4.15. The van der Waals surface area contributed by atoms with Crippen LogP contribution in [0, 0.1) is 6.92 Å². The van der Waals surface area contributed by atoms with Gasteiger partial charge in [0.1, 0.15) is 11.4 Å². The SMILES string of the molecule is COc1ccccc1C1=C(Nc2ccc(C)c(Cl)c2)C(=O)N(Cc2ccccc2Cl)C1=O. The molecule has 7 heteroatoms. The number of para-hydroxylation sites is 1. The number of ether oxygens (including phenoxy) is 1. The van der Waals surface area contributed by atoms with E-state index < -0.39 is 11.8 Å². The van der Waals surface area contributed by atoms with Crippen molar-refractivity contribution in [3.63, 3.8) is 0 Å². The van der Waals surface area contributed by atoms with Crippen LogP contribution in [0.15, 0.2) is 72.4 Å². The summed E-state index contributed by atoms with van der Waals surface area (Å²) < 4.78 is 5.46. The van der Waals surface area contributed by atoms with Crippen LogP contribution in [-0.2, 0) is 16.1 Å². The summed E-state index contributed by atoms with van der Waals surface area (Å²) in [5.74, 6) is -0.392. The van der Waals surface area contributed by atoms with Gasteiger partial charge < -0.3 is 10.1 Å². The third kappa shape index (κ3) is 4.09. The number of imide groups is 1. The first-order chi connectivity index (χ1) is 15.4. The molecule has 1 aliphatic heterocycles. The number of methoxy groups -OCH3 is 1. The van der Waals surface area contributed by atoms with E-state index in [1.807, 2.05) is 25.1 Å². The molecule has 0 aromatic heterocycles. The van der Waals surface area contributed by atoms with Crippen molar-refractivity contribution in [3.05, 3.63) is 99.2 Å². The predicted molar refractivity (Wildman–Crippen MR) is 127 cm³/mol. The van der Waals surface area contributed by atoms with E-state index in [9.17, 15) is 9.59 Å². The van der Waals surface area contributed by atoms with Crippen molar-refractivity contribution in [1.82, 2.24) is 4.90 Å². The Morgan fingerprint density at radius 1 is 0.906 bits per heavy atom. The molecule has 0 saturated carbocycles. The Morgan fingerprint density at radius 2 is 1.62 bits per heavy atom. The highest BCUT2D eigenvalue weighted by atomic mass is 35.5. The number of aryl methyl sites for hydroxylation is 1. The third-order valence-corrected chi connectivity index (χ3v) is 6.05. The Kier molecular flexibility index (Phi) is 6.21. The maximum absolute atomic E-state index is 13.5. The van der Waals surface area contributed by atoms with E-state index in [0.29, 0.717) is 32.6 Å². The molecule has 0 fully saturated rings. The minimum atomic E-state index is -0.451. The fraction of sp³-hybridized carbons (Fsp3) is 0.120. The highest BCUT2D eigenvalue weighted by molar-refractivity contribution is 6.37. The number of anilines is 1. The maximum Gasteiger partial charge on any atom is 0.278 e. The van der Waals surface area contributed by atoms with Crippen molar-refractivity contribution >= 4 is 46.3 Å². The second-order valence-corrected chi connectivity index (χ2v) is 8.14. The van der Waals surface area contributed by atoms with Crippen LogP contribution in [0.5, 0.6) is 5.75 Å². The Bertz CT molecular complexity index is 1250. The van der Waals surface area contributed by atoms with Gasteiger partial charge in [-0.05, 0) is 42.3 Å². The molecular formula is C25H20Cl2N2O3. The van der Waals surface area contributed by atoms with E-state index >= 15 is 0 Å². The topological polar surface area (TPSA) is 58.6 Å². The molecule has 1 N–H and O–H groups in total. The number of hydrogen-bond acceptors (Lipinski definition) is 4. The lowest BCUT2D eigenvalue weighted by molar-refractivity contribution is -0.137. The maximum atomic E-state index is 13.5. The number of benzene rings is 3. The molecule has 5 nitrogen and oxygen atoms in total. The van der Waals surface area contributed by atoms with Crippen LogP contribution < -0.4 is 10.1 Å². The lowest BCUT2D eigenvalue weighted by atomic mass is 10.0. The number of carbonyl (C=O) groups is 2. The van der Waals surface area contributed by atoms with Gasteiger partial charge in [-0.25, -0.2) is 0 Å². The van der Waals surface area contributed by atoms with Crippen molar-refractivity contribution in [2.75, 3.05) is 12.4 Å². The Balaban J connectivity index is 1.80. The molecule has 0 spiro atoms. The van der Waals surface area contributed by atoms with E-state index in [-0.39, 0.29) is 17.8 Å². The Hall–Kier alpha value is -3.28. The third-order valence-electron chi connectivity index (χ3n) is 5.27. The van der Waals surface area contributed by atoms with Crippen molar-refractivity contribution in [2.24, 2.45) is 0 Å². The molecule has 4 rings (SSSR count). The number of halogens is 2. The lowest BCUT2D eigenvalue weighted by Gasteiger charge is -2.16. The van der Waals surface area contributed by atoms with Crippen LogP contribution in [0.4, 0.5) is 5.69 Å². The number of rotatable bonds is 6. The van der Waals surface area contributed by atoms with Crippen molar-refractivity contribution in [3.8, 4) is 5.75 Å². The van der Waals surface area contributed by atoms with Crippen LogP contribution in [-0.4, -0.2) is 23.8 Å². The first-order valence-electron chi connectivity index (χ1n) is 9.91. The number of nitrogens with one attached hydrogen (secondary N) is 1. The van der Waals surface area contributed by atoms with Gasteiger partial charge in [0.05, 0.1) is 19.2 Å². The quantitative estimate of drug-likeness (QED) is 0.473. The zero-order chi connectivity index (χ0) is 22.8. The molecule has 2 amide bonds. The van der Waals surface area contributed by atoms with Gasteiger partial charge in [0.15, 0.2) is 0 Å². The molecular weight excluding hydrogens is 447 g/mol. The molecule has 32 heavy (non-hydrogen) atoms. The summed E-state index contributed by atoms with van der Waals surface area (Å²) in [5.41, 5.74) is 3.10. The largest absolute Gasteiger partial charge is 0.496 e. The van der Waals surface area contributed by atoms with Crippen LogP contribution in [0.25, 0.3) is 5.57 Å². The molecule has 1 heterocycles. The van der Waals surface area contributed by atoms with Crippen LogP contribution in [0.2, 0.25) is 10.0 Å². The van der Waals surface area contributed by atoms with E-state index in [1.54, 1.807) is 48.5 Å². The first-order valence-corrected chi connectivity index (χ1v) is 10.7. The van der Waals surface area contributed by atoms with Gasteiger partial charge in [-0.1, -0.05) is 65.7 Å². The molecule has 3 aromatic rings. The molecule has 0 bridgehead atoms. The van der Waals surface area contributed by atoms with Crippen LogP contribution in [0.1, 0.15) is 16.7 Å². The average molecular weight is 467 g/mol. The molecule has 0 aliphatic carbocycles. The van der Waals surface area contributed by atoms with E-state index in [1.165, 1.54) is 12.0 Å². The van der Waals surface area contributed by atoms with Crippen molar-refractivity contribution in [1.29, 1.82) is 0 Å². The fourth-order valence-corrected chi connectivity index (χ4v) is 3.92. The standard InChI is InChI=1S/C25H20Cl2N2O3/c1-15-11-12-17(13-20(15)27)28-23-22(18-8-4-6-10-21(18)32-2)24(30)29(25(23)31)14-16-7-3-5-9-19(16)26/h3-13,28H,14H2,1-2H3. The molecule has 0 atom stereocenters. The van der Waals surface area contributed by atoms with Crippen molar-refractivity contribution in [2.45, 2.75) is 13.5 Å². The highest BCUT2D eigenvalue weighted by Crippen LogP contribution is 2.36.